The summed E-state index contributed by atoms with van der Waals surface area (Å²) in [5.74, 6) is 1.53. The first-order valence-electron chi connectivity index (χ1n) is 8.55. The Bertz CT molecular complexity index is 781. The summed E-state index contributed by atoms with van der Waals surface area (Å²) in [6.45, 7) is 2.29. The molecule has 8 heteroatoms. The molecule has 0 unspecified atom stereocenters. The van der Waals surface area contributed by atoms with Crippen molar-refractivity contribution in [3.8, 4) is 17.2 Å². The molecule has 1 aliphatic rings. The van der Waals surface area contributed by atoms with Gasteiger partial charge in [-0.15, -0.1) is 0 Å². The minimum Gasteiger partial charge on any atom is -0.493 e. The van der Waals surface area contributed by atoms with E-state index in [1.165, 1.54) is 0 Å². The predicted octanol–water partition coefficient (Wildman–Crippen LogP) is 2.32. The van der Waals surface area contributed by atoms with E-state index >= 15 is 0 Å². The van der Waals surface area contributed by atoms with E-state index in [1.54, 1.807) is 56.8 Å². The van der Waals surface area contributed by atoms with Crippen LogP contribution >= 0.6 is 0 Å². The molecule has 2 aromatic rings. The van der Waals surface area contributed by atoms with Gasteiger partial charge in [-0.05, 0) is 6.07 Å². The number of anilines is 2. The quantitative estimate of drug-likeness (QED) is 0.832. The maximum atomic E-state index is 12.6. The molecule has 144 valence electrons. The van der Waals surface area contributed by atoms with Gasteiger partial charge < -0.3 is 29.2 Å². The number of benzene rings is 1. The fourth-order valence-electron chi connectivity index (χ4n) is 2.89. The molecule has 1 saturated heterocycles. The van der Waals surface area contributed by atoms with Crippen LogP contribution in [0, 0.1) is 0 Å². The topological polar surface area (TPSA) is 82.2 Å². The molecule has 0 saturated carbocycles. The largest absolute Gasteiger partial charge is 0.493 e. The first-order valence-corrected chi connectivity index (χ1v) is 8.55. The Morgan fingerprint density at radius 2 is 1.67 bits per heavy atom. The standard InChI is InChI=1S/C19H23N3O5/c1-24-16-9-14(10-17(25-2)18(16)26-3)21-15-8-13(11-20-12-15)19(23)22-4-6-27-7-5-22/h8-12,21H,4-7H2,1-3H3. The number of aromatic nitrogens is 1. The number of morpholine rings is 1. The summed E-state index contributed by atoms with van der Waals surface area (Å²) in [5, 5.41) is 3.23. The van der Waals surface area contributed by atoms with E-state index in [0.29, 0.717) is 54.8 Å². The lowest BCUT2D eigenvalue weighted by Crippen LogP contribution is -2.40. The molecule has 1 N–H and O–H groups in total. The van der Waals surface area contributed by atoms with Gasteiger partial charge in [-0.25, -0.2) is 0 Å². The molecule has 0 bridgehead atoms. The fourth-order valence-corrected chi connectivity index (χ4v) is 2.89. The van der Waals surface area contributed by atoms with E-state index in [1.807, 2.05) is 0 Å². The van der Waals surface area contributed by atoms with Crippen molar-refractivity contribution in [2.45, 2.75) is 0 Å². The van der Waals surface area contributed by atoms with Crippen molar-refractivity contribution in [1.82, 2.24) is 9.88 Å². The van der Waals surface area contributed by atoms with Crippen molar-refractivity contribution in [1.29, 1.82) is 0 Å². The summed E-state index contributed by atoms with van der Waals surface area (Å²) in [5.41, 5.74) is 1.93. The molecule has 27 heavy (non-hydrogen) atoms. The lowest BCUT2D eigenvalue weighted by Gasteiger charge is -2.26. The molecular formula is C19H23N3O5. The average molecular weight is 373 g/mol. The van der Waals surface area contributed by atoms with Crippen LogP contribution < -0.4 is 19.5 Å². The van der Waals surface area contributed by atoms with Crippen molar-refractivity contribution < 1.29 is 23.7 Å². The van der Waals surface area contributed by atoms with E-state index in [4.69, 9.17) is 18.9 Å². The van der Waals surface area contributed by atoms with Crippen molar-refractivity contribution >= 4 is 17.3 Å². The molecular weight excluding hydrogens is 350 g/mol. The van der Waals surface area contributed by atoms with Gasteiger partial charge in [-0.3, -0.25) is 9.78 Å². The third kappa shape index (κ3) is 4.22. The second-order valence-corrected chi connectivity index (χ2v) is 5.91. The molecule has 8 nitrogen and oxygen atoms in total. The van der Waals surface area contributed by atoms with E-state index in [0.717, 1.165) is 5.69 Å². The molecule has 1 aromatic carbocycles. The fraction of sp³-hybridized carbons (Fsp3) is 0.368. The zero-order chi connectivity index (χ0) is 19.2. The maximum Gasteiger partial charge on any atom is 0.255 e. The first-order chi connectivity index (χ1) is 13.2. The Morgan fingerprint density at radius 3 is 2.26 bits per heavy atom. The minimum absolute atomic E-state index is 0.0562. The van der Waals surface area contributed by atoms with Crippen LogP contribution in [0.1, 0.15) is 10.4 Å². The summed E-state index contributed by atoms with van der Waals surface area (Å²) < 4.78 is 21.4. The number of pyridine rings is 1. The summed E-state index contributed by atoms with van der Waals surface area (Å²) in [7, 11) is 4.67. The van der Waals surface area contributed by atoms with Crippen LogP contribution in [0.2, 0.25) is 0 Å². The molecule has 0 atom stereocenters. The van der Waals surface area contributed by atoms with Crippen molar-refractivity contribution in [2.75, 3.05) is 52.9 Å². The van der Waals surface area contributed by atoms with Crippen LogP contribution in [0.25, 0.3) is 0 Å². The van der Waals surface area contributed by atoms with Crippen LogP contribution in [0.3, 0.4) is 0 Å². The Labute approximate surface area is 158 Å². The van der Waals surface area contributed by atoms with Gasteiger partial charge in [0.1, 0.15) is 0 Å². The van der Waals surface area contributed by atoms with E-state index < -0.39 is 0 Å². The lowest BCUT2D eigenvalue weighted by atomic mass is 10.2. The van der Waals surface area contributed by atoms with Gasteiger partial charge in [0.2, 0.25) is 5.75 Å². The van der Waals surface area contributed by atoms with Crippen molar-refractivity contribution in [3.63, 3.8) is 0 Å². The number of nitrogens with one attached hydrogen (secondary N) is 1. The molecule has 0 radical (unpaired) electrons. The molecule has 1 fully saturated rings. The van der Waals surface area contributed by atoms with Gasteiger partial charge in [-0.1, -0.05) is 0 Å². The highest BCUT2D eigenvalue weighted by Crippen LogP contribution is 2.40. The Hall–Kier alpha value is -3.00. The van der Waals surface area contributed by atoms with Gasteiger partial charge >= 0.3 is 0 Å². The molecule has 1 aromatic heterocycles. The number of methoxy groups -OCH3 is 3. The first kappa shape index (κ1) is 18.8. The molecule has 1 amide bonds. The third-order valence-electron chi connectivity index (χ3n) is 4.24. The second-order valence-electron chi connectivity index (χ2n) is 5.91. The predicted molar refractivity (Wildman–Crippen MR) is 100 cm³/mol. The van der Waals surface area contributed by atoms with Crippen LogP contribution in [0.5, 0.6) is 17.2 Å². The number of carbonyl (C=O) groups is 1. The van der Waals surface area contributed by atoms with Gasteiger partial charge in [0, 0.05) is 37.1 Å². The van der Waals surface area contributed by atoms with Crippen LogP contribution in [0.15, 0.2) is 30.6 Å². The zero-order valence-corrected chi connectivity index (χ0v) is 15.7. The number of ether oxygens (including phenoxy) is 4. The summed E-state index contributed by atoms with van der Waals surface area (Å²) >= 11 is 0. The molecule has 0 spiro atoms. The molecule has 1 aliphatic heterocycles. The summed E-state index contributed by atoms with van der Waals surface area (Å²) in [6.07, 6.45) is 3.22. The van der Waals surface area contributed by atoms with Crippen LogP contribution in [0.4, 0.5) is 11.4 Å². The number of hydrogen-bond donors (Lipinski definition) is 1. The van der Waals surface area contributed by atoms with Crippen molar-refractivity contribution in [3.05, 3.63) is 36.2 Å². The van der Waals surface area contributed by atoms with Gasteiger partial charge in [-0.2, -0.15) is 0 Å². The average Bonchev–Trinajstić information content (AvgIpc) is 2.73. The van der Waals surface area contributed by atoms with Gasteiger partial charge in [0.15, 0.2) is 11.5 Å². The molecule has 3 rings (SSSR count). The number of amides is 1. The van der Waals surface area contributed by atoms with Crippen molar-refractivity contribution in [2.24, 2.45) is 0 Å². The van der Waals surface area contributed by atoms with Gasteiger partial charge in [0.25, 0.3) is 5.91 Å². The normalized spacial score (nSPS) is 13.8. The van der Waals surface area contributed by atoms with Crippen LogP contribution in [-0.4, -0.2) is 63.4 Å². The Balaban J connectivity index is 1.83. The molecule has 0 aliphatic carbocycles. The third-order valence-corrected chi connectivity index (χ3v) is 4.24. The number of nitrogens with zero attached hydrogens (tertiary/aromatic N) is 2. The molecule has 2 heterocycles. The summed E-state index contributed by atoms with van der Waals surface area (Å²) in [4.78, 5) is 18.6. The highest BCUT2D eigenvalue weighted by molar-refractivity contribution is 5.95. The van der Waals surface area contributed by atoms with Crippen LogP contribution in [-0.2, 0) is 4.74 Å². The second kappa shape index (κ2) is 8.59. The Morgan fingerprint density at radius 1 is 1.00 bits per heavy atom. The van der Waals surface area contributed by atoms with E-state index in [9.17, 15) is 4.79 Å². The monoisotopic (exact) mass is 373 g/mol. The lowest BCUT2D eigenvalue weighted by molar-refractivity contribution is 0.0302. The zero-order valence-electron chi connectivity index (χ0n) is 15.7. The van der Waals surface area contributed by atoms with E-state index in [-0.39, 0.29) is 5.91 Å². The number of hydrogen-bond acceptors (Lipinski definition) is 7. The SMILES string of the molecule is COc1cc(Nc2cncc(C(=O)N3CCOCC3)c2)cc(OC)c1OC. The minimum atomic E-state index is -0.0562. The number of rotatable bonds is 6. The smallest absolute Gasteiger partial charge is 0.255 e. The highest BCUT2D eigenvalue weighted by Gasteiger charge is 2.19. The Kier molecular flexibility index (Phi) is 5.97. The van der Waals surface area contributed by atoms with E-state index in [2.05, 4.69) is 10.3 Å². The van der Waals surface area contributed by atoms with Gasteiger partial charge in [0.05, 0.1) is 52.0 Å². The maximum absolute atomic E-state index is 12.6. The summed E-state index contributed by atoms with van der Waals surface area (Å²) in [6, 6.07) is 5.35. The highest BCUT2D eigenvalue weighted by atomic mass is 16.5. The number of carbonyl (C=O) groups excluding carboxylic acids is 1.